The van der Waals surface area contributed by atoms with E-state index in [-0.39, 0.29) is 11.8 Å². The summed E-state index contributed by atoms with van der Waals surface area (Å²) in [6, 6.07) is 9.39. The lowest BCUT2D eigenvalue weighted by atomic mass is 10.2. The van der Waals surface area contributed by atoms with Crippen molar-refractivity contribution in [3.63, 3.8) is 0 Å². The molecule has 0 spiro atoms. The largest absolute Gasteiger partial charge is 0.388 e. The van der Waals surface area contributed by atoms with Crippen molar-refractivity contribution in [2.24, 2.45) is 0 Å². The Kier molecular flexibility index (Phi) is 5.71. The zero-order valence-corrected chi connectivity index (χ0v) is 12.2. The van der Waals surface area contributed by atoms with Crippen molar-refractivity contribution in [2.45, 2.75) is 19.1 Å². The third-order valence-corrected chi connectivity index (χ3v) is 3.91. The van der Waals surface area contributed by atoms with Crippen LogP contribution in [0, 0.1) is 5.82 Å². The quantitative estimate of drug-likeness (QED) is 0.768. The van der Waals surface area contributed by atoms with Gasteiger partial charge in [-0.2, -0.15) is 0 Å². The maximum absolute atomic E-state index is 12.7. The van der Waals surface area contributed by atoms with Gasteiger partial charge in [-0.05, 0) is 35.6 Å². The third-order valence-electron chi connectivity index (χ3n) is 2.94. The molecule has 2 aromatic rings. The second kappa shape index (κ2) is 7.75. The van der Waals surface area contributed by atoms with E-state index in [1.165, 1.54) is 23.5 Å². The molecule has 0 fully saturated rings. The summed E-state index contributed by atoms with van der Waals surface area (Å²) in [5.74, 6) is -0.300. The minimum absolute atomic E-state index is 0.300. The highest BCUT2D eigenvalue weighted by molar-refractivity contribution is 7.10. The van der Waals surface area contributed by atoms with E-state index in [4.69, 9.17) is 0 Å². The average Bonchev–Trinajstić information content (AvgIpc) is 3.01. The summed E-state index contributed by atoms with van der Waals surface area (Å²) < 4.78 is 12.7. The van der Waals surface area contributed by atoms with Gasteiger partial charge in [-0.3, -0.25) is 0 Å². The van der Waals surface area contributed by atoms with Gasteiger partial charge in [0.2, 0.25) is 0 Å². The predicted molar refractivity (Wildman–Crippen MR) is 80.5 cm³/mol. The molecule has 0 saturated heterocycles. The van der Waals surface area contributed by atoms with Crippen LogP contribution in [0.5, 0.6) is 0 Å². The molecule has 1 aromatic heterocycles. The monoisotopic (exact) mass is 308 g/mol. The van der Waals surface area contributed by atoms with Gasteiger partial charge in [0.1, 0.15) is 5.82 Å². The fourth-order valence-electron chi connectivity index (χ4n) is 1.79. The van der Waals surface area contributed by atoms with Gasteiger partial charge in [-0.1, -0.05) is 18.2 Å². The molecule has 1 atom stereocenters. The van der Waals surface area contributed by atoms with Gasteiger partial charge in [0, 0.05) is 18.0 Å². The molecular weight excluding hydrogens is 291 g/mol. The molecule has 2 amide bonds. The molecule has 0 radical (unpaired) electrons. The standard InChI is InChI=1S/C15H17FN2O2S/c16-12-5-3-11(4-6-12)10-18-15(20)17-8-7-13(19)14-2-1-9-21-14/h1-6,9,13,19H,7-8,10H2,(H2,17,18,20). The zero-order valence-electron chi connectivity index (χ0n) is 11.4. The summed E-state index contributed by atoms with van der Waals surface area (Å²) in [5, 5.41) is 17.1. The molecule has 1 aromatic carbocycles. The van der Waals surface area contributed by atoms with Crippen molar-refractivity contribution >= 4 is 17.4 Å². The van der Waals surface area contributed by atoms with Crippen LogP contribution in [0.25, 0.3) is 0 Å². The van der Waals surface area contributed by atoms with Gasteiger partial charge >= 0.3 is 6.03 Å². The number of benzene rings is 1. The van der Waals surface area contributed by atoms with E-state index in [1.807, 2.05) is 17.5 Å². The molecular formula is C15H17FN2O2S. The summed E-state index contributed by atoms with van der Waals surface area (Å²) in [4.78, 5) is 12.5. The van der Waals surface area contributed by atoms with Crippen molar-refractivity contribution in [2.75, 3.05) is 6.54 Å². The highest BCUT2D eigenvalue weighted by atomic mass is 32.1. The number of aliphatic hydroxyl groups excluding tert-OH is 1. The topological polar surface area (TPSA) is 61.4 Å². The number of hydrogen-bond donors (Lipinski definition) is 3. The number of aliphatic hydroxyl groups is 1. The molecule has 0 aliphatic rings. The number of rotatable bonds is 6. The van der Waals surface area contributed by atoms with Gasteiger partial charge in [0.25, 0.3) is 0 Å². The van der Waals surface area contributed by atoms with E-state index in [9.17, 15) is 14.3 Å². The maximum Gasteiger partial charge on any atom is 0.315 e. The molecule has 4 nitrogen and oxygen atoms in total. The highest BCUT2D eigenvalue weighted by Crippen LogP contribution is 2.20. The lowest BCUT2D eigenvalue weighted by Crippen LogP contribution is -2.36. The van der Waals surface area contributed by atoms with Crippen molar-refractivity contribution in [1.82, 2.24) is 10.6 Å². The Hall–Kier alpha value is -1.92. The van der Waals surface area contributed by atoms with Crippen LogP contribution in [0.4, 0.5) is 9.18 Å². The Labute approximate surface area is 126 Å². The van der Waals surface area contributed by atoms with E-state index in [2.05, 4.69) is 10.6 Å². The molecule has 1 unspecified atom stereocenters. The normalized spacial score (nSPS) is 11.9. The minimum atomic E-state index is -0.553. The molecule has 112 valence electrons. The van der Waals surface area contributed by atoms with E-state index < -0.39 is 6.10 Å². The minimum Gasteiger partial charge on any atom is -0.388 e. The van der Waals surface area contributed by atoms with Crippen LogP contribution >= 0.6 is 11.3 Å². The van der Waals surface area contributed by atoms with Gasteiger partial charge in [-0.15, -0.1) is 11.3 Å². The Balaban J connectivity index is 1.64. The fourth-order valence-corrected chi connectivity index (χ4v) is 2.54. The lowest BCUT2D eigenvalue weighted by Gasteiger charge is -2.10. The molecule has 0 aliphatic heterocycles. The molecule has 21 heavy (non-hydrogen) atoms. The first-order chi connectivity index (χ1) is 10.1. The molecule has 0 bridgehead atoms. The van der Waals surface area contributed by atoms with Crippen molar-refractivity contribution in [1.29, 1.82) is 0 Å². The second-order valence-corrected chi connectivity index (χ2v) is 5.54. The number of carbonyl (C=O) groups excluding carboxylic acids is 1. The number of amides is 2. The number of hydrogen-bond acceptors (Lipinski definition) is 3. The van der Waals surface area contributed by atoms with E-state index in [1.54, 1.807) is 12.1 Å². The Morgan fingerprint density at radius 3 is 2.67 bits per heavy atom. The van der Waals surface area contributed by atoms with Crippen LogP contribution in [0.2, 0.25) is 0 Å². The highest BCUT2D eigenvalue weighted by Gasteiger charge is 2.08. The van der Waals surface area contributed by atoms with Gasteiger partial charge in [-0.25, -0.2) is 9.18 Å². The van der Waals surface area contributed by atoms with Crippen LogP contribution in [0.3, 0.4) is 0 Å². The van der Waals surface area contributed by atoms with Crippen molar-refractivity contribution in [3.8, 4) is 0 Å². The SMILES string of the molecule is O=C(NCCC(O)c1cccs1)NCc1ccc(F)cc1. The van der Waals surface area contributed by atoms with Crippen molar-refractivity contribution in [3.05, 3.63) is 58.0 Å². The molecule has 0 aliphatic carbocycles. The van der Waals surface area contributed by atoms with Gasteiger partial charge in [0.05, 0.1) is 6.10 Å². The number of halogens is 1. The van der Waals surface area contributed by atoms with Crippen LogP contribution < -0.4 is 10.6 Å². The summed E-state index contributed by atoms with van der Waals surface area (Å²) in [6.45, 7) is 0.716. The number of nitrogens with one attached hydrogen (secondary N) is 2. The molecule has 6 heteroatoms. The molecule has 3 N–H and O–H groups in total. The Morgan fingerprint density at radius 2 is 2.00 bits per heavy atom. The maximum atomic E-state index is 12.7. The van der Waals surface area contributed by atoms with Crippen LogP contribution in [-0.2, 0) is 6.54 Å². The number of carbonyl (C=O) groups is 1. The lowest BCUT2D eigenvalue weighted by molar-refractivity contribution is 0.170. The van der Waals surface area contributed by atoms with E-state index in [0.29, 0.717) is 19.5 Å². The predicted octanol–water partition coefficient (Wildman–Crippen LogP) is 2.81. The first-order valence-electron chi connectivity index (χ1n) is 6.63. The number of thiophene rings is 1. The smallest absolute Gasteiger partial charge is 0.315 e. The number of urea groups is 1. The van der Waals surface area contributed by atoms with Crippen LogP contribution in [0.1, 0.15) is 23.0 Å². The average molecular weight is 308 g/mol. The molecule has 2 rings (SSSR count). The fraction of sp³-hybridized carbons (Fsp3) is 0.267. The van der Waals surface area contributed by atoms with Crippen LogP contribution in [0.15, 0.2) is 41.8 Å². The molecule has 0 saturated carbocycles. The summed E-state index contributed by atoms with van der Waals surface area (Å²) in [7, 11) is 0. The zero-order chi connectivity index (χ0) is 15.1. The van der Waals surface area contributed by atoms with Crippen LogP contribution in [-0.4, -0.2) is 17.7 Å². The van der Waals surface area contributed by atoms with Crippen molar-refractivity contribution < 1.29 is 14.3 Å². The summed E-state index contributed by atoms with van der Waals surface area (Å²) >= 11 is 1.49. The second-order valence-electron chi connectivity index (χ2n) is 4.56. The first-order valence-corrected chi connectivity index (χ1v) is 7.51. The Bertz CT molecular complexity index is 558. The summed E-state index contributed by atoms with van der Waals surface area (Å²) in [6.07, 6.45) is -0.0906. The van der Waals surface area contributed by atoms with Gasteiger partial charge in [0.15, 0.2) is 0 Å². The van der Waals surface area contributed by atoms with E-state index >= 15 is 0 Å². The third kappa shape index (κ3) is 5.17. The first kappa shape index (κ1) is 15.5. The van der Waals surface area contributed by atoms with Gasteiger partial charge < -0.3 is 15.7 Å². The van der Waals surface area contributed by atoms with E-state index in [0.717, 1.165) is 10.4 Å². The summed E-state index contributed by atoms with van der Waals surface area (Å²) in [5.41, 5.74) is 0.824. The molecule has 1 heterocycles. The Morgan fingerprint density at radius 1 is 1.24 bits per heavy atom.